The van der Waals surface area contributed by atoms with Crippen LogP contribution in [0.15, 0.2) is 63.0 Å². The SMILES string of the molecule is O=c1[nH]c(SCCOc2ccc(Br)cc2)nc(Cn2nnc3ccccc32)c1I. The standard InChI is InChI=1S/C19H15BrIN5O2S/c20-12-5-7-13(8-6-12)28-9-10-29-19-22-15(17(21)18(27)23-19)11-26-16-4-2-1-3-14(16)24-25-26/h1-8H,9-11H2,(H,22,23,27). The number of para-hydroxylation sites is 1. The Morgan fingerprint density at radius 1 is 1.17 bits per heavy atom. The Balaban J connectivity index is 1.44. The Labute approximate surface area is 192 Å². The summed E-state index contributed by atoms with van der Waals surface area (Å²) < 4.78 is 9.03. The van der Waals surface area contributed by atoms with Gasteiger partial charge in [-0.1, -0.05) is 45.0 Å². The molecule has 2 aromatic heterocycles. The van der Waals surface area contributed by atoms with Crippen molar-refractivity contribution in [3.05, 3.63) is 72.6 Å². The number of aromatic amines is 1. The molecule has 0 bridgehead atoms. The molecular weight excluding hydrogens is 569 g/mol. The number of thioether (sulfide) groups is 1. The fourth-order valence-corrected chi connectivity index (χ4v) is 4.05. The number of ether oxygens (including phenoxy) is 1. The minimum absolute atomic E-state index is 0.156. The molecule has 10 heteroatoms. The maximum Gasteiger partial charge on any atom is 0.265 e. The zero-order valence-electron chi connectivity index (χ0n) is 15.0. The van der Waals surface area contributed by atoms with Crippen LogP contribution in [0.3, 0.4) is 0 Å². The van der Waals surface area contributed by atoms with Gasteiger partial charge in [-0.15, -0.1) is 5.10 Å². The zero-order valence-corrected chi connectivity index (χ0v) is 19.6. The average Bonchev–Trinajstić information content (AvgIpc) is 3.13. The number of benzene rings is 2. The van der Waals surface area contributed by atoms with Gasteiger partial charge in [-0.05, 0) is 59.0 Å². The maximum atomic E-state index is 12.3. The van der Waals surface area contributed by atoms with E-state index in [1.54, 1.807) is 4.68 Å². The highest BCUT2D eigenvalue weighted by Gasteiger charge is 2.12. The Bertz CT molecular complexity index is 1200. The molecule has 4 rings (SSSR count). The third-order valence-electron chi connectivity index (χ3n) is 4.03. The van der Waals surface area contributed by atoms with Crippen molar-refractivity contribution in [2.45, 2.75) is 11.7 Å². The molecule has 0 radical (unpaired) electrons. The van der Waals surface area contributed by atoms with Crippen molar-refractivity contribution in [1.82, 2.24) is 25.0 Å². The van der Waals surface area contributed by atoms with E-state index in [9.17, 15) is 4.79 Å². The van der Waals surface area contributed by atoms with Gasteiger partial charge < -0.3 is 9.72 Å². The average molecular weight is 584 g/mol. The molecular formula is C19H15BrIN5O2S. The summed E-state index contributed by atoms with van der Waals surface area (Å²) in [5, 5.41) is 8.91. The predicted octanol–water partition coefficient (Wildman–Crippen LogP) is 4.10. The highest BCUT2D eigenvalue weighted by atomic mass is 127. The summed E-state index contributed by atoms with van der Waals surface area (Å²) >= 11 is 6.87. The minimum Gasteiger partial charge on any atom is -0.493 e. The second-order valence-corrected chi connectivity index (χ2v) is 9.10. The van der Waals surface area contributed by atoms with E-state index in [4.69, 9.17) is 4.74 Å². The topological polar surface area (TPSA) is 85.7 Å². The lowest BCUT2D eigenvalue weighted by molar-refractivity contribution is 0.344. The Morgan fingerprint density at radius 3 is 2.79 bits per heavy atom. The van der Waals surface area contributed by atoms with Gasteiger partial charge >= 0.3 is 0 Å². The number of fused-ring (bicyclic) bond motifs is 1. The molecule has 0 atom stereocenters. The highest BCUT2D eigenvalue weighted by molar-refractivity contribution is 14.1. The normalized spacial score (nSPS) is 11.1. The fraction of sp³-hybridized carbons (Fsp3) is 0.158. The number of nitrogens with zero attached hydrogens (tertiary/aromatic N) is 4. The largest absolute Gasteiger partial charge is 0.493 e. The highest BCUT2D eigenvalue weighted by Crippen LogP contribution is 2.19. The van der Waals surface area contributed by atoms with Crippen LogP contribution < -0.4 is 10.3 Å². The van der Waals surface area contributed by atoms with Gasteiger partial charge in [0, 0.05) is 10.2 Å². The fourth-order valence-electron chi connectivity index (χ4n) is 2.66. The van der Waals surface area contributed by atoms with E-state index >= 15 is 0 Å². The van der Waals surface area contributed by atoms with E-state index in [0.717, 1.165) is 21.3 Å². The molecule has 2 heterocycles. The number of halogens is 2. The predicted molar refractivity (Wildman–Crippen MR) is 125 cm³/mol. The molecule has 29 heavy (non-hydrogen) atoms. The monoisotopic (exact) mass is 583 g/mol. The van der Waals surface area contributed by atoms with Crippen LogP contribution in [-0.4, -0.2) is 37.3 Å². The van der Waals surface area contributed by atoms with Gasteiger partial charge in [0.2, 0.25) is 0 Å². The smallest absolute Gasteiger partial charge is 0.265 e. The molecule has 0 aliphatic rings. The van der Waals surface area contributed by atoms with Crippen LogP contribution in [0.4, 0.5) is 0 Å². The lowest BCUT2D eigenvalue weighted by Gasteiger charge is -2.08. The van der Waals surface area contributed by atoms with Crippen molar-refractivity contribution < 1.29 is 4.74 Å². The molecule has 0 saturated heterocycles. The second-order valence-electron chi connectivity index (χ2n) is 6.02. The molecule has 0 unspecified atom stereocenters. The number of H-pyrrole nitrogens is 1. The minimum atomic E-state index is -0.156. The van der Waals surface area contributed by atoms with E-state index in [-0.39, 0.29) is 5.56 Å². The van der Waals surface area contributed by atoms with Gasteiger partial charge in [0.1, 0.15) is 14.8 Å². The Morgan fingerprint density at radius 2 is 1.97 bits per heavy atom. The van der Waals surface area contributed by atoms with Gasteiger partial charge in [0.15, 0.2) is 5.16 Å². The van der Waals surface area contributed by atoms with Gasteiger partial charge in [0.25, 0.3) is 5.56 Å². The molecule has 0 aliphatic heterocycles. The van der Waals surface area contributed by atoms with Crippen molar-refractivity contribution in [3.63, 3.8) is 0 Å². The summed E-state index contributed by atoms with van der Waals surface area (Å²) in [6, 6.07) is 15.4. The molecule has 7 nitrogen and oxygen atoms in total. The van der Waals surface area contributed by atoms with Crippen LogP contribution in [0.5, 0.6) is 5.75 Å². The quantitative estimate of drug-likeness (QED) is 0.153. The number of rotatable bonds is 7. The molecule has 0 fully saturated rings. The van der Waals surface area contributed by atoms with Crippen molar-refractivity contribution in [1.29, 1.82) is 0 Å². The Kier molecular flexibility index (Phi) is 6.50. The number of hydrogen-bond donors (Lipinski definition) is 1. The van der Waals surface area contributed by atoms with Gasteiger partial charge in [-0.3, -0.25) is 4.79 Å². The lowest BCUT2D eigenvalue weighted by Crippen LogP contribution is -2.18. The summed E-state index contributed by atoms with van der Waals surface area (Å²) in [6.45, 7) is 0.886. The van der Waals surface area contributed by atoms with Gasteiger partial charge in [0.05, 0.1) is 24.4 Å². The molecule has 0 amide bonds. The third-order valence-corrected chi connectivity index (χ3v) is 6.51. The summed E-state index contributed by atoms with van der Waals surface area (Å²) in [7, 11) is 0. The van der Waals surface area contributed by atoms with E-state index in [2.05, 4.69) is 36.2 Å². The maximum absolute atomic E-state index is 12.3. The molecule has 1 N–H and O–H groups in total. The third kappa shape index (κ3) is 4.98. The van der Waals surface area contributed by atoms with Gasteiger partial charge in [-0.2, -0.15) is 0 Å². The Hall–Kier alpha value is -1.92. The number of nitrogens with one attached hydrogen (secondary N) is 1. The van der Waals surface area contributed by atoms with Crippen molar-refractivity contribution in [3.8, 4) is 5.75 Å². The van der Waals surface area contributed by atoms with Crippen LogP contribution >= 0.6 is 50.3 Å². The van der Waals surface area contributed by atoms with Crippen LogP contribution in [0.2, 0.25) is 0 Å². The van der Waals surface area contributed by atoms with E-state index < -0.39 is 0 Å². The summed E-state index contributed by atoms with van der Waals surface area (Å²) in [5.41, 5.74) is 2.23. The first kappa shape index (κ1) is 20.4. The first-order valence-corrected chi connectivity index (χ1v) is 11.5. The summed E-state index contributed by atoms with van der Waals surface area (Å²) in [5.74, 6) is 1.46. The summed E-state index contributed by atoms with van der Waals surface area (Å²) in [4.78, 5) is 19.8. The second kappa shape index (κ2) is 9.26. The van der Waals surface area contributed by atoms with Gasteiger partial charge in [-0.25, -0.2) is 9.67 Å². The van der Waals surface area contributed by atoms with E-state index in [1.165, 1.54) is 11.8 Å². The van der Waals surface area contributed by atoms with Crippen molar-refractivity contribution in [2.24, 2.45) is 0 Å². The number of hydrogen-bond acceptors (Lipinski definition) is 6. The molecule has 148 valence electrons. The van der Waals surface area contributed by atoms with Crippen LogP contribution in [0.1, 0.15) is 5.69 Å². The first-order chi connectivity index (χ1) is 14.1. The van der Waals surface area contributed by atoms with E-state index in [1.807, 2.05) is 71.1 Å². The lowest BCUT2D eigenvalue weighted by atomic mass is 10.3. The van der Waals surface area contributed by atoms with Crippen LogP contribution in [0.25, 0.3) is 11.0 Å². The van der Waals surface area contributed by atoms with Crippen molar-refractivity contribution in [2.75, 3.05) is 12.4 Å². The molecule has 0 spiro atoms. The molecule has 0 saturated carbocycles. The van der Waals surface area contributed by atoms with Crippen molar-refractivity contribution >= 4 is 61.3 Å². The van der Waals surface area contributed by atoms with E-state index in [0.29, 0.717) is 33.3 Å². The zero-order chi connectivity index (χ0) is 20.2. The molecule has 2 aromatic carbocycles. The van der Waals surface area contributed by atoms with Crippen LogP contribution in [-0.2, 0) is 6.54 Å². The molecule has 0 aliphatic carbocycles. The van der Waals surface area contributed by atoms with Crippen LogP contribution in [0, 0.1) is 3.57 Å². The summed E-state index contributed by atoms with van der Waals surface area (Å²) in [6.07, 6.45) is 0. The first-order valence-electron chi connectivity index (χ1n) is 8.68. The molecule has 4 aromatic rings. The number of aromatic nitrogens is 5.